The summed E-state index contributed by atoms with van der Waals surface area (Å²) in [6, 6.07) is 2.85. The smallest absolute Gasteiger partial charge is 0.356 e. The second-order valence-corrected chi connectivity index (χ2v) is 4.66. The van der Waals surface area contributed by atoms with Crippen molar-refractivity contribution < 1.29 is 24.5 Å². The van der Waals surface area contributed by atoms with Crippen molar-refractivity contribution >= 4 is 17.5 Å². The SMILES string of the molecule is O=C(O)c1ccc2c(C(=O)O)nc(C3CCOC3)n2c1. The van der Waals surface area contributed by atoms with Crippen molar-refractivity contribution in [3.63, 3.8) is 0 Å². The highest BCUT2D eigenvalue weighted by Crippen LogP contribution is 2.27. The number of carboxylic acid groups (broad SMARTS) is 2. The van der Waals surface area contributed by atoms with E-state index in [2.05, 4.69) is 4.98 Å². The molecule has 20 heavy (non-hydrogen) atoms. The van der Waals surface area contributed by atoms with Crippen LogP contribution in [0.25, 0.3) is 5.52 Å². The van der Waals surface area contributed by atoms with Crippen molar-refractivity contribution in [1.29, 1.82) is 0 Å². The van der Waals surface area contributed by atoms with Gasteiger partial charge in [-0.1, -0.05) is 0 Å². The summed E-state index contributed by atoms with van der Waals surface area (Å²) in [6.45, 7) is 1.07. The van der Waals surface area contributed by atoms with E-state index in [9.17, 15) is 14.7 Å². The molecule has 3 heterocycles. The lowest BCUT2D eigenvalue weighted by Crippen LogP contribution is -2.06. The molecule has 1 aliphatic rings. The molecule has 2 aromatic heterocycles. The van der Waals surface area contributed by atoms with Gasteiger partial charge in [0, 0.05) is 18.7 Å². The molecule has 0 aromatic carbocycles. The standard InChI is InChI=1S/C13H12N2O5/c16-12(17)7-1-2-9-10(13(18)19)14-11(15(9)5-7)8-3-4-20-6-8/h1-2,5,8H,3-4,6H2,(H,16,17)(H,18,19). The largest absolute Gasteiger partial charge is 0.478 e. The Morgan fingerprint density at radius 3 is 2.70 bits per heavy atom. The number of carboxylic acids is 2. The number of carbonyl (C=O) groups is 2. The Labute approximate surface area is 113 Å². The van der Waals surface area contributed by atoms with Gasteiger partial charge in [-0.15, -0.1) is 0 Å². The zero-order valence-electron chi connectivity index (χ0n) is 10.4. The number of aromatic nitrogens is 2. The Bertz CT molecular complexity index is 700. The highest BCUT2D eigenvalue weighted by atomic mass is 16.5. The molecule has 1 aliphatic heterocycles. The van der Waals surface area contributed by atoms with E-state index in [0.29, 0.717) is 24.6 Å². The highest BCUT2D eigenvalue weighted by Gasteiger charge is 2.26. The minimum Gasteiger partial charge on any atom is -0.478 e. The number of rotatable bonds is 3. The molecule has 0 bridgehead atoms. The van der Waals surface area contributed by atoms with Gasteiger partial charge in [0.05, 0.1) is 17.7 Å². The third-order valence-electron chi connectivity index (χ3n) is 3.41. The molecule has 1 saturated heterocycles. The number of nitrogens with zero attached hydrogens (tertiary/aromatic N) is 2. The normalized spacial score (nSPS) is 18.5. The molecule has 1 fully saturated rings. The first-order chi connectivity index (χ1) is 9.58. The molecule has 0 radical (unpaired) electrons. The molecule has 1 atom stereocenters. The third-order valence-corrected chi connectivity index (χ3v) is 3.41. The van der Waals surface area contributed by atoms with Gasteiger partial charge in [-0.2, -0.15) is 0 Å². The maximum absolute atomic E-state index is 11.2. The lowest BCUT2D eigenvalue weighted by atomic mass is 10.1. The molecule has 0 saturated carbocycles. The van der Waals surface area contributed by atoms with Gasteiger partial charge in [-0.3, -0.25) is 0 Å². The van der Waals surface area contributed by atoms with Gasteiger partial charge in [0.25, 0.3) is 0 Å². The summed E-state index contributed by atoms with van der Waals surface area (Å²) < 4.78 is 6.84. The molecule has 7 nitrogen and oxygen atoms in total. The number of hydrogen-bond donors (Lipinski definition) is 2. The van der Waals surface area contributed by atoms with Crippen molar-refractivity contribution in [3.8, 4) is 0 Å². The topological polar surface area (TPSA) is 101 Å². The molecule has 0 amide bonds. The van der Waals surface area contributed by atoms with Crippen LogP contribution in [0.2, 0.25) is 0 Å². The van der Waals surface area contributed by atoms with E-state index in [-0.39, 0.29) is 17.2 Å². The van der Waals surface area contributed by atoms with E-state index < -0.39 is 11.9 Å². The quantitative estimate of drug-likeness (QED) is 0.874. The van der Waals surface area contributed by atoms with Crippen molar-refractivity contribution in [2.75, 3.05) is 13.2 Å². The maximum atomic E-state index is 11.2. The fourth-order valence-corrected chi connectivity index (χ4v) is 2.42. The van der Waals surface area contributed by atoms with Gasteiger partial charge in [0.15, 0.2) is 5.69 Å². The number of imidazole rings is 1. The van der Waals surface area contributed by atoms with Gasteiger partial charge in [-0.25, -0.2) is 14.6 Å². The Morgan fingerprint density at radius 1 is 1.30 bits per heavy atom. The van der Waals surface area contributed by atoms with Crippen LogP contribution in [0.4, 0.5) is 0 Å². The summed E-state index contributed by atoms with van der Waals surface area (Å²) in [5, 5.41) is 18.2. The van der Waals surface area contributed by atoms with Gasteiger partial charge >= 0.3 is 11.9 Å². The minimum absolute atomic E-state index is 0.0142. The van der Waals surface area contributed by atoms with Crippen molar-refractivity contribution in [2.24, 2.45) is 0 Å². The summed E-state index contributed by atoms with van der Waals surface area (Å²) in [5.41, 5.74) is 0.417. The molecule has 2 N–H and O–H groups in total. The fraction of sp³-hybridized carbons (Fsp3) is 0.308. The Hall–Kier alpha value is -2.41. The molecule has 7 heteroatoms. The lowest BCUT2D eigenvalue weighted by Gasteiger charge is -2.07. The number of aromatic carboxylic acids is 2. The van der Waals surface area contributed by atoms with Gasteiger partial charge in [0.2, 0.25) is 0 Å². The first-order valence-corrected chi connectivity index (χ1v) is 6.14. The molecule has 104 valence electrons. The van der Waals surface area contributed by atoms with Crippen LogP contribution in [-0.4, -0.2) is 44.8 Å². The summed E-state index contributed by atoms with van der Waals surface area (Å²) >= 11 is 0. The lowest BCUT2D eigenvalue weighted by molar-refractivity contribution is 0.0684. The molecule has 3 rings (SSSR count). The zero-order chi connectivity index (χ0) is 14.3. The summed E-state index contributed by atoms with van der Waals surface area (Å²) in [7, 11) is 0. The Kier molecular flexibility index (Phi) is 2.90. The summed E-state index contributed by atoms with van der Waals surface area (Å²) in [4.78, 5) is 26.4. The maximum Gasteiger partial charge on any atom is 0.356 e. The van der Waals surface area contributed by atoms with E-state index in [4.69, 9.17) is 9.84 Å². The molecule has 0 spiro atoms. The second kappa shape index (κ2) is 4.61. The number of ether oxygens (including phenoxy) is 1. The van der Waals surface area contributed by atoms with E-state index in [1.54, 1.807) is 4.40 Å². The van der Waals surface area contributed by atoms with Crippen molar-refractivity contribution in [3.05, 3.63) is 35.4 Å². The van der Waals surface area contributed by atoms with E-state index >= 15 is 0 Å². The molecular formula is C13H12N2O5. The first-order valence-electron chi connectivity index (χ1n) is 6.14. The molecule has 1 unspecified atom stereocenters. The van der Waals surface area contributed by atoms with E-state index in [0.717, 1.165) is 6.42 Å². The average Bonchev–Trinajstić information content (AvgIpc) is 3.04. The van der Waals surface area contributed by atoms with Crippen molar-refractivity contribution in [1.82, 2.24) is 9.38 Å². The second-order valence-electron chi connectivity index (χ2n) is 4.66. The monoisotopic (exact) mass is 276 g/mol. The van der Waals surface area contributed by atoms with E-state index in [1.165, 1.54) is 18.3 Å². The van der Waals surface area contributed by atoms with Gasteiger partial charge < -0.3 is 19.4 Å². The summed E-state index contributed by atoms with van der Waals surface area (Å²) in [5.74, 6) is -1.67. The molecule has 2 aromatic rings. The third kappa shape index (κ3) is 1.92. The predicted octanol–water partition coefficient (Wildman–Crippen LogP) is 1.23. The van der Waals surface area contributed by atoms with Crippen LogP contribution in [0.3, 0.4) is 0 Å². The van der Waals surface area contributed by atoms with Crippen LogP contribution < -0.4 is 0 Å². The number of fused-ring (bicyclic) bond motifs is 1. The highest BCUT2D eigenvalue weighted by molar-refractivity contribution is 5.95. The Balaban J connectivity index is 2.23. The van der Waals surface area contributed by atoms with Gasteiger partial charge in [0.1, 0.15) is 5.82 Å². The molecular weight excluding hydrogens is 264 g/mol. The van der Waals surface area contributed by atoms with Gasteiger partial charge in [-0.05, 0) is 18.6 Å². The van der Waals surface area contributed by atoms with Crippen LogP contribution in [-0.2, 0) is 4.74 Å². The Morgan fingerprint density at radius 2 is 2.10 bits per heavy atom. The van der Waals surface area contributed by atoms with E-state index in [1.807, 2.05) is 0 Å². The van der Waals surface area contributed by atoms with Crippen LogP contribution in [0.15, 0.2) is 18.3 Å². The van der Waals surface area contributed by atoms with Crippen LogP contribution in [0.5, 0.6) is 0 Å². The molecule has 0 aliphatic carbocycles. The van der Waals surface area contributed by atoms with Crippen molar-refractivity contribution in [2.45, 2.75) is 12.3 Å². The number of hydrogen-bond acceptors (Lipinski definition) is 4. The fourth-order valence-electron chi connectivity index (χ4n) is 2.42. The first kappa shape index (κ1) is 12.6. The minimum atomic E-state index is -1.13. The predicted molar refractivity (Wildman–Crippen MR) is 67.3 cm³/mol. The average molecular weight is 276 g/mol. The van der Waals surface area contributed by atoms with Crippen LogP contribution >= 0.6 is 0 Å². The summed E-state index contributed by atoms with van der Waals surface area (Å²) in [6.07, 6.45) is 2.15. The number of pyridine rings is 1. The zero-order valence-corrected chi connectivity index (χ0v) is 10.4. The van der Waals surface area contributed by atoms with Crippen LogP contribution in [0.1, 0.15) is 39.0 Å². The van der Waals surface area contributed by atoms with Crippen LogP contribution in [0, 0.1) is 0 Å².